The van der Waals surface area contributed by atoms with Crippen LogP contribution in [0.1, 0.15) is 39.6 Å². The number of amides is 2. The number of likely N-dealkylation sites (N-methyl/N-ethyl adjacent to an activating group) is 1. The molecule has 2 aliphatic rings. The molecule has 23 heavy (non-hydrogen) atoms. The van der Waals surface area contributed by atoms with E-state index in [0.29, 0.717) is 19.5 Å². The van der Waals surface area contributed by atoms with Crippen LogP contribution in [0, 0.1) is 13.8 Å². The number of nitrogens with zero attached hydrogens (tertiary/aromatic N) is 3. The highest BCUT2D eigenvalue weighted by molar-refractivity contribution is 7.13. The van der Waals surface area contributed by atoms with E-state index in [1.807, 2.05) is 18.7 Å². The monoisotopic (exact) mass is 336 g/mol. The van der Waals surface area contributed by atoms with Gasteiger partial charge in [-0.1, -0.05) is 0 Å². The highest BCUT2D eigenvalue weighted by Crippen LogP contribution is 2.31. The normalized spacial score (nSPS) is 26.2. The standard InChI is InChI=1S/C16H24N4O2S/c1-11-14(23-12(2)18-11)15(22)20-9-8-19(3)16(10-20)5-4-13(21)17-7-6-16/h4-10H2,1-3H3,(H,17,21)/t16-/m0/s1. The molecule has 7 heteroatoms. The first-order chi connectivity index (χ1) is 10.9. The summed E-state index contributed by atoms with van der Waals surface area (Å²) >= 11 is 1.47. The van der Waals surface area contributed by atoms with Gasteiger partial charge in [0.2, 0.25) is 5.91 Å². The van der Waals surface area contributed by atoms with Crippen LogP contribution < -0.4 is 5.32 Å². The fraction of sp³-hybridized carbons (Fsp3) is 0.688. The number of carbonyl (C=O) groups is 2. The molecule has 0 unspecified atom stereocenters. The highest BCUT2D eigenvalue weighted by atomic mass is 32.1. The van der Waals surface area contributed by atoms with Gasteiger partial charge >= 0.3 is 0 Å². The number of carbonyl (C=O) groups excluding carboxylic acids is 2. The first kappa shape index (κ1) is 16.4. The molecule has 0 aromatic carbocycles. The molecule has 2 aliphatic heterocycles. The minimum Gasteiger partial charge on any atom is -0.356 e. The van der Waals surface area contributed by atoms with Crippen molar-refractivity contribution in [3.05, 3.63) is 15.6 Å². The first-order valence-corrected chi connectivity index (χ1v) is 8.94. The minimum atomic E-state index is -0.0965. The molecule has 0 saturated carbocycles. The summed E-state index contributed by atoms with van der Waals surface area (Å²) in [6.07, 6.45) is 2.23. The lowest BCUT2D eigenvalue weighted by atomic mass is 9.86. The van der Waals surface area contributed by atoms with E-state index >= 15 is 0 Å². The summed E-state index contributed by atoms with van der Waals surface area (Å²) in [6, 6.07) is 0. The van der Waals surface area contributed by atoms with E-state index in [2.05, 4.69) is 22.2 Å². The lowest BCUT2D eigenvalue weighted by Gasteiger charge is -2.49. The highest BCUT2D eigenvalue weighted by Gasteiger charge is 2.42. The van der Waals surface area contributed by atoms with Gasteiger partial charge < -0.3 is 10.2 Å². The zero-order valence-electron chi connectivity index (χ0n) is 14.0. The van der Waals surface area contributed by atoms with Crippen LogP contribution in [0.5, 0.6) is 0 Å². The first-order valence-electron chi connectivity index (χ1n) is 8.12. The van der Waals surface area contributed by atoms with Crippen molar-refractivity contribution in [1.29, 1.82) is 0 Å². The van der Waals surface area contributed by atoms with Gasteiger partial charge in [0.05, 0.1) is 10.7 Å². The Morgan fingerprint density at radius 2 is 2.09 bits per heavy atom. The third-order valence-electron chi connectivity index (χ3n) is 5.12. The number of hydrogen-bond donors (Lipinski definition) is 1. The summed E-state index contributed by atoms with van der Waals surface area (Å²) in [7, 11) is 2.11. The number of nitrogens with one attached hydrogen (secondary N) is 1. The molecule has 3 rings (SSSR count). The number of hydrogen-bond acceptors (Lipinski definition) is 5. The molecule has 2 amide bonds. The van der Waals surface area contributed by atoms with E-state index in [0.717, 1.165) is 41.5 Å². The van der Waals surface area contributed by atoms with Crippen LogP contribution in [0.4, 0.5) is 0 Å². The predicted molar refractivity (Wildman–Crippen MR) is 89.7 cm³/mol. The molecule has 2 fully saturated rings. The zero-order chi connectivity index (χ0) is 16.6. The molecule has 1 aromatic rings. The SMILES string of the molecule is Cc1nc(C)c(C(=O)N2CCN(C)[C@@]3(CCNC(=O)CC3)C2)s1. The molecular weight excluding hydrogens is 312 g/mol. The summed E-state index contributed by atoms with van der Waals surface area (Å²) in [5.41, 5.74) is 0.726. The topological polar surface area (TPSA) is 65.5 Å². The van der Waals surface area contributed by atoms with Crippen LogP contribution in [0.15, 0.2) is 0 Å². The molecule has 126 valence electrons. The molecule has 1 atom stereocenters. The zero-order valence-corrected chi connectivity index (χ0v) is 14.8. The number of piperazine rings is 1. The molecule has 1 N–H and O–H groups in total. The number of aromatic nitrogens is 1. The second-order valence-corrected chi connectivity index (χ2v) is 7.82. The fourth-order valence-corrected chi connectivity index (χ4v) is 4.53. The average Bonchev–Trinajstić information content (AvgIpc) is 2.73. The van der Waals surface area contributed by atoms with E-state index in [-0.39, 0.29) is 17.4 Å². The Morgan fingerprint density at radius 3 is 2.78 bits per heavy atom. The van der Waals surface area contributed by atoms with Crippen LogP contribution in [0.3, 0.4) is 0 Å². The summed E-state index contributed by atoms with van der Waals surface area (Å²) in [6.45, 7) is 6.78. The van der Waals surface area contributed by atoms with E-state index < -0.39 is 0 Å². The molecule has 3 heterocycles. The number of aryl methyl sites for hydroxylation is 2. The molecule has 2 saturated heterocycles. The second kappa shape index (κ2) is 6.20. The maximum atomic E-state index is 12.9. The lowest BCUT2D eigenvalue weighted by Crippen LogP contribution is -2.62. The Labute approximate surface area is 140 Å². The van der Waals surface area contributed by atoms with Crippen molar-refractivity contribution in [2.75, 3.05) is 33.2 Å². The van der Waals surface area contributed by atoms with E-state index in [4.69, 9.17) is 0 Å². The van der Waals surface area contributed by atoms with Gasteiger partial charge in [-0.15, -0.1) is 11.3 Å². The lowest BCUT2D eigenvalue weighted by molar-refractivity contribution is -0.121. The van der Waals surface area contributed by atoms with E-state index in [9.17, 15) is 9.59 Å². The fourth-order valence-electron chi connectivity index (χ4n) is 3.64. The Kier molecular flexibility index (Phi) is 4.42. The Bertz CT molecular complexity index is 630. The van der Waals surface area contributed by atoms with Gasteiger partial charge in [0.25, 0.3) is 5.91 Å². The third kappa shape index (κ3) is 3.12. The predicted octanol–water partition coefficient (Wildman–Crippen LogP) is 1.19. The van der Waals surface area contributed by atoms with Gasteiger partial charge in [-0.25, -0.2) is 4.98 Å². The quantitative estimate of drug-likeness (QED) is 0.836. The molecular formula is C16H24N4O2S. The molecule has 1 spiro atoms. The van der Waals surface area contributed by atoms with Gasteiger partial charge in [-0.05, 0) is 33.7 Å². The Balaban J connectivity index is 1.81. The van der Waals surface area contributed by atoms with Crippen molar-refractivity contribution in [3.63, 3.8) is 0 Å². The Morgan fingerprint density at radius 1 is 1.30 bits per heavy atom. The van der Waals surface area contributed by atoms with Crippen LogP contribution >= 0.6 is 11.3 Å². The van der Waals surface area contributed by atoms with Crippen molar-refractivity contribution < 1.29 is 9.59 Å². The third-order valence-corrected chi connectivity index (χ3v) is 6.18. The minimum absolute atomic E-state index is 0.0871. The largest absolute Gasteiger partial charge is 0.356 e. The molecule has 6 nitrogen and oxygen atoms in total. The van der Waals surface area contributed by atoms with Crippen LogP contribution in [-0.2, 0) is 4.79 Å². The number of thiazole rings is 1. The van der Waals surface area contributed by atoms with Gasteiger partial charge in [0, 0.05) is 38.1 Å². The van der Waals surface area contributed by atoms with Crippen molar-refractivity contribution in [2.45, 2.75) is 38.6 Å². The summed E-state index contributed by atoms with van der Waals surface area (Å²) in [4.78, 5) is 34.0. The molecule has 0 radical (unpaired) electrons. The average molecular weight is 336 g/mol. The summed E-state index contributed by atoms with van der Waals surface area (Å²) < 4.78 is 0. The van der Waals surface area contributed by atoms with Crippen molar-refractivity contribution in [3.8, 4) is 0 Å². The summed E-state index contributed by atoms with van der Waals surface area (Å²) in [5.74, 6) is 0.205. The maximum Gasteiger partial charge on any atom is 0.265 e. The second-order valence-electron chi connectivity index (χ2n) is 6.62. The maximum absolute atomic E-state index is 12.9. The van der Waals surface area contributed by atoms with Crippen molar-refractivity contribution in [2.24, 2.45) is 0 Å². The van der Waals surface area contributed by atoms with Crippen molar-refractivity contribution >= 4 is 23.2 Å². The van der Waals surface area contributed by atoms with Crippen LogP contribution in [0.25, 0.3) is 0 Å². The number of rotatable bonds is 1. The molecule has 0 bridgehead atoms. The van der Waals surface area contributed by atoms with Gasteiger partial charge in [-0.3, -0.25) is 14.5 Å². The Hall–Kier alpha value is -1.47. The molecule has 1 aromatic heterocycles. The van der Waals surface area contributed by atoms with Gasteiger partial charge in [0.1, 0.15) is 4.88 Å². The van der Waals surface area contributed by atoms with Crippen LogP contribution in [-0.4, -0.2) is 65.4 Å². The van der Waals surface area contributed by atoms with Gasteiger partial charge in [-0.2, -0.15) is 0 Å². The summed E-state index contributed by atoms with van der Waals surface area (Å²) in [5, 5.41) is 3.88. The molecule has 0 aliphatic carbocycles. The van der Waals surface area contributed by atoms with Crippen molar-refractivity contribution in [1.82, 2.24) is 20.1 Å². The smallest absolute Gasteiger partial charge is 0.265 e. The van der Waals surface area contributed by atoms with E-state index in [1.54, 1.807) is 0 Å². The van der Waals surface area contributed by atoms with Crippen LogP contribution in [0.2, 0.25) is 0 Å². The van der Waals surface area contributed by atoms with Gasteiger partial charge in [0.15, 0.2) is 0 Å². The van der Waals surface area contributed by atoms with E-state index in [1.165, 1.54) is 11.3 Å².